The molecule has 0 saturated carbocycles. The molecule has 16 heavy (non-hydrogen) atoms. The van der Waals surface area contributed by atoms with Gasteiger partial charge in [0.05, 0.1) is 17.6 Å². The predicted octanol–water partition coefficient (Wildman–Crippen LogP) is 0.854. The van der Waals surface area contributed by atoms with Gasteiger partial charge in [0.25, 0.3) is 0 Å². The SMILES string of the molecule is CC(C#N)S(=O)(=O)N1CCC(C)(C#N)CC1. The van der Waals surface area contributed by atoms with Crippen molar-refractivity contribution in [2.24, 2.45) is 5.41 Å². The lowest BCUT2D eigenvalue weighted by atomic mass is 9.83. The molecular formula is C10H15N3O2S. The summed E-state index contributed by atoms with van der Waals surface area (Å²) < 4.78 is 25.0. The first-order chi connectivity index (χ1) is 7.35. The molecule has 1 unspecified atom stereocenters. The Hall–Kier alpha value is -1.11. The number of sulfonamides is 1. The molecule has 0 spiro atoms. The van der Waals surface area contributed by atoms with Gasteiger partial charge in [0, 0.05) is 13.1 Å². The van der Waals surface area contributed by atoms with Gasteiger partial charge in [0.2, 0.25) is 10.0 Å². The van der Waals surface area contributed by atoms with Crippen LogP contribution in [-0.2, 0) is 10.0 Å². The Balaban J connectivity index is 2.77. The van der Waals surface area contributed by atoms with Gasteiger partial charge in [-0.3, -0.25) is 0 Å². The summed E-state index contributed by atoms with van der Waals surface area (Å²) in [5.41, 5.74) is -0.429. The van der Waals surface area contributed by atoms with Crippen molar-refractivity contribution in [1.29, 1.82) is 10.5 Å². The first-order valence-corrected chi connectivity index (χ1v) is 6.66. The monoisotopic (exact) mass is 241 g/mol. The molecule has 0 aromatic carbocycles. The first-order valence-electron chi connectivity index (χ1n) is 5.15. The fourth-order valence-corrected chi connectivity index (χ4v) is 2.91. The van der Waals surface area contributed by atoms with Crippen LogP contribution in [0.5, 0.6) is 0 Å². The zero-order valence-corrected chi connectivity index (χ0v) is 10.3. The van der Waals surface area contributed by atoms with Crippen LogP contribution < -0.4 is 0 Å². The lowest BCUT2D eigenvalue weighted by molar-refractivity contribution is 0.231. The van der Waals surface area contributed by atoms with Crippen LogP contribution in [-0.4, -0.2) is 31.1 Å². The molecule has 0 amide bonds. The zero-order chi connectivity index (χ0) is 12.4. The molecule has 1 rings (SSSR count). The van der Waals surface area contributed by atoms with Crippen LogP contribution >= 0.6 is 0 Å². The summed E-state index contributed by atoms with van der Waals surface area (Å²) in [7, 11) is -3.51. The van der Waals surface area contributed by atoms with Crippen molar-refractivity contribution in [2.75, 3.05) is 13.1 Å². The van der Waals surface area contributed by atoms with E-state index in [1.807, 2.05) is 6.92 Å². The van der Waals surface area contributed by atoms with Crippen molar-refractivity contribution in [3.63, 3.8) is 0 Å². The minimum Gasteiger partial charge on any atom is -0.211 e. The first kappa shape index (κ1) is 13.0. The standard InChI is InChI=1S/C10H15N3O2S/c1-9(7-11)16(14,15)13-5-3-10(2,8-12)4-6-13/h9H,3-6H2,1-2H3. The van der Waals surface area contributed by atoms with E-state index in [-0.39, 0.29) is 0 Å². The molecule has 1 fully saturated rings. The maximum Gasteiger partial charge on any atom is 0.230 e. The van der Waals surface area contributed by atoms with Gasteiger partial charge in [-0.1, -0.05) is 0 Å². The third-order valence-electron chi connectivity index (χ3n) is 3.08. The van der Waals surface area contributed by atoms with Crippen LogP contribution in [0.15, 0.2) is 0 Å². The Kier molecular flexibility index (Phi) is 3.57. The van der Waals surface area contributed by atoms with Crippen LogP contribution in [0.4, 0.5) is 0 Å². The van der Waals surface area contributed by atoms with Gasteiger partial charge in [0.1, 0.15) is 0 Å². The fourth-order valence-electron chi connectivity index (χ4n) is 1.64. The second-order valence-corrected chi connectivity index (χ2v) is 6.64. The van der Waals surface area contributed by atoms with Gasteiger partial charge >= 0.3 is 0 Å². The van der Waals surface area contributed by atoms with Gasteiger partial charge in [-0.15, -0.1) is 0 Å². The van der Waals surface area contributed by atoms with E-state index >= 15 is 0 Å². The van der Waals surface area contributed by atoms with Crippen molar-refractivity contribution in [1.82, 2.24) is 4.31 Å². The molecule has 0 aromatic rings. The summed E-state index contributed by atoms with van der Waals surface area (Å²) in [5.74, 6) is 0. The van der Waals surface area contributed by atoms with E-state index < -0.39 is 20.7 Å². The van der Waals surface area contributed by atoms with Gasteiger partial charge < -0.3 is 0 Å². The maximum atomic E-state index is 11.8. The smallest absolute Gasteiger partial charge is 0.211 e. The van der Waals surface area contributed by atoms with E-state index in [2.05, 4.69) is 6.07 Å². The number of hydrogen-bond acceptors (Lipinski definition) is 4. The molecule has 88 valence electrons. The highest BCUT2D eigenvalue weighted by Gasteiger charge is 2.37. The van der Waals surface area contributed by atoms with Crippen LogP contribution in [0.3, 0.4) is 0 Å². The lowest BCUT2D eigenvalue weighted by Gasteiger charge is -2.34. The van der Waals surface area contributed by atoms with Crippen LogP contribution in [0.1, 0.15) is 26.7 Å². The highest BCUT2D eigenvalue weighted by Crippen LogP contribution is 2.31. The molecule has 1 atom stereocenters. The van der Waals surface area contributed by atoms with E-state index in [0.717, 1.165) is 0 Å². The van der Waals surface area contributed by atoms with Gasteiger partial charge in [-0.25, -0.2) is 12.7 Å². The number of nitriles is 2. The van der Waals surface area contributed by atoms with E-state index in [9.17, 15) is 8.42 Å². The Labute approximate surface area is 96.3 Å². The molecule has 6 heteroatoms. The molecule has 5 nitrogen and oxygen atoms in total. The summed E-state index contributed by atoms with van der Waals surface area (Å²) >= 11 is 0. The maximum absolute atomic E-state index is 11.8. The summed E-state index contributed by atoms with van der Waals surface area (Å²) in [4.78, 5) is 0. The predicted molar refractivity (Wildman–Crippen MR) is 58.5 cm³/mol. The highest BCUT2D eigenvalue weighted by molar-refractivity contribution is 7.89. The number of piperidine rings is 1. The Morgan fingerprint density at radius 3 is 2.19 bits per heavy atom. The third-order valence-corrected chi connectivity index (χ3v) is 5.17. The van der Waals surface area contributed by atoms with Crippen molar-refractivity contribution >= 4 is 10.0 Å². The Bertz CT molecular complexity index is 436. The summed E-state index contributed by atoms with van der Waals surface area (Å²) in [6.45, 7) is 3.88. The molecule has 0 bridgehead atoms. The topological polar surface area (TPSA) is 85.0 Å². The van der Waals surface area contributed by atoms with E-state index in [0.29, 0.717) is 25.9 Å². The summed E-state index contributed by atoms with van der Waals surface area (Å²) in [6.07, 6.45) is 1.06. The van der Waals surface area contributed by atoms with Crippen LogP contribution in [0.2, 0.25) is 0 Å². The van der Waals surface area contributed by atoms with Crippen LogP contribution in [0.25, 0.3) is 0 Å². The average molecular weight is 241 g/mol. The van der Waals surface area contributed by atoms with Gasteiger partial charge in [-0.05, 0) is 26.7 Å². The Morgan fingerprint density at radius 2 is 1.81 bits per heavy atom. The molecule has 1 heterocycles. The number of hydrogen-bond donors (Lipinski definition) is 0. The van der Waals surface area contributed by atoms with E-state index in [1.54, 1.807) is 6.07 Å². The summed E-state index contributed by atoms with van der Waals surface area (Å²) in [5, 5.41) is 16.6. The molecule has 1 saturated heterocycles. The third kappa shape index (κ3) is 2.34. The molecule has 0 radical (unpaired) electrons. The normalized spacial score (nSPS) is 23.0. The minimum atomic E-state index is -3.51. The highest BCUT2D eigenvalue weighted by atomic mass is 32.2. The number of rotatable bonds is 2. The Morgan fingerprint density at radius 1 is 1.31 bits per heavy atom. The van der Waals surface area contributed by atoms with E-state index in [1.165, 1.54) is 11.2 Å². The molecule has 1 aliphatic rings. The second kappa shape index (κ2) is 4.40. The van der Waals surface area contributed by atoms with Crippen molar-refractivity contribution in [2.45, 2.75) is 31.9 Å². The van der Waals surface area contributed by atoms with Crippen LogP contribution in [0, 0.1) is 28.1 Å². The zero-order valence-electron chi connectivity index (χ0n) is 9.47. The molecular weight excluding hydrogens is 226 g/mol. The fraction of sp³-hybridized carbons (Fsp3) is 0.800. The second-order valence-electron chi connectivity index (χ2n) is 4.39. The molecule has 0 N–H and O–H groups in total. The van der Waals surface area contributed by atoms with E-state index in [4.69, 9.17) is 10.5 Å². The van der Waals surface area contributed by atoms with Crippen molar-refractivity contribution < 1.29 is 8.42 Å². The average Bonchev–Trinajstić information content (AvgIpc) is 2.28. The minimum absolute atomic E-state index is 0.332. The van der Waals surface area contributed by atoms with Crippen molar-refractivity contribution in [3.8, 4) is 12.1 Å². The largest absolute Gasteiger partial charge is 0.230 e. The number of nitrogens with zero attached hydrogens (tertiary/aromatic N) is 3. The molecule has 0 aliphatic carbocycles. The van der Waals surface area contributed by atoms with Gasteiger partial charge in [0.15, 0.2) is 5.25 Å². The summed E-state index contributed by atoms with van der Waals surface area (Å²) in [6, 6.07) is 3.95. The van der Waals surface area contributed by atoms with Crippen molar-refractivity contribution in [3.05, 3.63) is 0 Å². The van der Waals surface area contributed by atoms with Gasteiger partial charge in [-0.2, -0.15) is 10.5 Å². The molecule has 1 aliphatic heterocycles. The molecule has 0 aromatic heterocycles. The lowest BCUT2D eigenvalue weighted by Crippen LogP contribution is -2.44. The quantitative estimate of drug-likeness (QED) is 0.717.